The first-order valence-electron chi connectivity index (χ1n) is 5.12. The van der Waals surface area contributed by atoms with E-state index >= 15 is 0 Å². The lowest BCUT2D eigenvalue weighted by Crippen LogP contribution is -2.56. The first-order chi connectivity index (χ1) is 8.99. The lowest BCUT2D eigenvalue weighted by Gasteiger charge is -2.27. The fourth-order valence-corrected chi connectivity index (χ4v) is 0.950. The molecule has 0 aromatic carbocycles. The van der Waals surface area contributed by atoms with E-state index in [0.29, 0.717) is 13.8 Å². The van der Waals surface area contributed by atoms with Crippen molar-refractivity contribution in [1.29, 1.82) is 0 Å². The fourth-order valence-electron chi connectivity index (χ4n) is 0.950. The van der Waals surface area contributed by atoms with Crippen molar-refractivity contribution >= 4 is 17.5 Å². The summed E-state index contributed by atoms with van der Waals surface area (Å²) in [6.07, 6.45) is -8.78. The van der Waals surface area contributed by atoms with Crippen LogP contribution in [0.2, 0.25) is 0 Å². The molecular weight excluding hydrogens is 317 g/mol. The summed E-state index contributed by atoms with van der Waals surface area (Å²) >= 11 is 0. The highest BCUT2D eigenvalue weighted by Gasteiger charge is 2.75. The highest BCUT2D eigenvalue weighted by Crippen LogP contribution is 2.47. The number of Topliss-reactive ketones (excluding diaryl/α,β-unsaturated/α-hetero) is 2. The number of ketones is 2. The fraction of sp³-hybridized carbons (Fsp3) is 0.700. The molecule has 0 saturated heterocycles. The van der Waals surface area contributed by atoms with Crippen molar-refractivity contribution in [3.05, 3.63) is 0 Å². The Morgan fingerprint density at radius 3 is 1.52 bits per heavy atom. The number of carboxylic acid groups (broad SMARTS) is 1. The summed E-state index contributed by atoms with van der Waals surface area (Å²) in [4.78, 5) is 32.8. The Morgan fingerprint density at radius 2 is 1.24 bits per heavy atom. The minimum atomic E-state index is -6.71. The highest BCUT2D eigenvalue weighted by atomic mass is 19.4. The van der Waals surface area contributed by atoms with Crippen LogP contribution in [-0.2, 0) is 14.4 Å². The zero-order valence-electron chi connectivity index (χ0n) is 10.5. The summed E-state index contributed by atoms with van der Waals surface area (Å²) in [6.45, 7) is 1.37. The van der Waals surface area contributed by atoms with Crippen LogP contribution in [0, 0.1) is 5.41 Å². The minimum absolute atomic E-state index is 0.686. The molecule has 0 fully saturated rings. The number of aliphatic carboxylic acids is 1. The van der Waals surface area contributed by atoms with Gasteiger partial charge in [-0.3, -0.25) is 14.4 Å². The van der Waals surface area contributed by atoms with Gasteiger partial charge in [0.05, 0.1) is 6.42 Å². The molecule has 0 bridgehead atoms. The molecule has 0 aromatic rings. The number of hydrogen-bond donors (Lipinski definition) is 1. The van der Waals surface area contributed by atoms with Gasteiger partial charge in [0.15, 0.2) is 5.78 Å². The van der Waals surface area contributed by atoms with Crippen molar-refractivity contribution in [2.45, 2.75) is 38.3 Å². The molecule has 0 heterocycles. The summed E-state index contributed by atoms with van der Waals surface area (Å²) in [5.74, 6) is -19.5. The Labute approximate surface area is 112 Å². The normalized spacial score (nSPS) is 14.0. The van der Waals surface area contributed by atoms with E-state index < -0.39 is 47.4 Å². The summed E-state index contributed by atoms with van der Waals surface area (Å²) in [6, 6.07) is 0. The van der Waals surface area contributed by atoms with Crippen molar-refractivity contribution in [1.82, 2.24) is 0 Å². The third-order valence-corrected chi connectivity index (χ3v) is 2.65. The number of alkyl halides is 7. The SMILES string of the molecule is CC(C)(C(=O)O)C(=O)CC(=O)C(F)(F)C(F)(F)C(F)(F)F. The molecule has 0 atom stereocenters. The van der Waals surface area contributed by atoms with Crippen LogP contribution in [0.3, 0.4) is 0 Å². The third-order valence-electron chi connectivity index (χ3n) is 2.65. The molecule has 0 unspecified atom stereocenters. The molecule has 21 heavy (non-hydrogen) atoms. The predicted molar refractivity (Wildman–Crippen MR) is 52.0 cm³/mol. The molecule has 122 valence electrons. The molecule has 0 amide bonds. The van der Waals surface area contributed by atoms with E-state index in [0.717, 1.165) is 0 Å². The van der Waals surface area contributed by atoms with Crippen LogP contribution >= 0.6 is 0 Å². The lowest BCUT2D eigenvalue weighted by molar-refractivity contribution is -0.343. The Kier molecular flexibility index (Phi) is 4.84. The van der Waals surface area contributed by atoms with E-state index in [1.54, 1.807) is 0 Å². The maximum absolute atomic E-state index is 12.9. The maximum atomic E-state index is 12.9. The van der Waals surface area contributed by atoms with Crippen LogP contribution in [-0.4, -0.2) is 40.7 Å². The monoisotopic (exact) mass is 326 g/mol. The Balaban J connectivity index is 5.38. The molecule has 0 rings (SSSR count). The second-order valence-electron chi connectivity index (χ2n) is 4.60. The van der Waals surface area contributed by atoms with E-state index in [-0.39, 0.29) is 0 Å². The van der Waals surface area contributed by atoms with E-state index in [1.165, 1.54) is 0 Å². The van der Waals surface area contributed by atoms with Crippen LogP contribution in [0.5, 0.6) is 0 Å². The van der Waals surface area contributed by atoms with Gasteiger partial charge in [-0.1, -0.05) is 0 Å². The van der Waals surface area contributed by atoms with E-state index in [2.05, 4.69) is 0 Å². The van der Waals surface area contributed by atoms with Crippen LogP contribution in [0.25, 0.3) is 0 Å². The predicted octanol–water partition coefficient (Wildman–Crippen LogP) is 2.46. The summed E-state index contributed by atoms with van der Waals surface area (Å²) in [5, 5.41) is 8.57. The molecule has 0 aromatic heterocycles. The molecule has 0 aliphatic rings. The first kappa shape index (κ1) is 19.3. The summed E-state index contributed by atoms with van der Waals surface area (Å²) < 4.78 is 86.4. The minimum Gasteiger partial charge on any atom is -0.481 e. The first-order valence-corrected chi connectivity index (χ1v) is 5.12. The largest absolute Gasteiger partial charge is 0.481 e. The van der Waals surface area contributed by atoms with Gasteiger partial charge in [-0.05, 0) is 13.8 Å². The van der Waals surface area contributed by atoms with Gasteiger partial charge < -0.3 is 5.11 Å². The van der Waals surface area contributed by atoms with Gasteiger partial charge in [-0.2, -0.15) is 30.7 Å². The van der Waals surface area contributed by atoms with E-state index in [9.17, 15) is 45.1 Å². The zero-order valence-corrected chi connectivity index (χ0v) is 10.5. The molecular formula is C10H9F7O4. The number of carboxylic acids is 1. The quantitative estimate of drug-likeness (QED) is 0.601. The number of halogens is 7. The average molecular weight is 326 g/mol. The number of hydrogen-bond acceptors (Lipinski definition) is 3. The standard InChI is InChI=1S/C10H9F7O4/c1-7(2,6(20)21)4(18)3-5(19)8(11,12)9(13,14)10(15,16)17/h3H2,1-2H3,(H,20,21). The molecule has 0 radical (unpaired) electrons. The maximum Gasteiger partial charge on any atom is 0.460 e. The topological polar surface area (TPSA) is 71.4 Å². The van der Waals surface area contributed by atoms with Crippen LogP contribution in [0.15, 0.2) is 0 Å². The van der Waals surface area contributed by atoms with Gasteiger partial charge >= 0.3 is 24.0 Å². The lowest BCUT2D eigenvalue weighted by atomic mass is 9.84. The van der Waals surface area contributed by atoms with Crippen molar-refractivity contribution in [2.75, 3.05) is 0 Å². The van der Waals surface area contributed by atoms with Gasteiger partial charge in [0.25, 0.3) is 0 Å². The van der Waals surface area contributed by atoms with Gasteiger partial charge in [-0.15, -0.1) is 0 Å². The van der Waals surface area contributed by atoms with Crippen LogP contribution in [0.1, 0.15) is 20.3 Å². The molecule has 0 saturated carbocycles. The van der Waals surface area contributed by atoms with Gasteiger partial charge in [0, 0.05) is 0 Å². The molecule has 0 aliphatic heterocycles. The Hall–Kier alpha value is -1.68. The highest BCUT2D eigenvalue weighted by molar-refractivity contribution is 6.11. The molecule has 0 spiro atoms. The van der Waals surface area contributed by atoms with Crippen molar-refractivity contribution in [2.24, 2.45) is 5.41 Å². The van der Waals surface area contributed by atoms with Crippen molar-refractivity contribution < 1.29 is 50.2 Å². The zero-order chi connectivity index (χ0) is 17.4. The van der Waals surface area contributed by atoms with Gasteiger partial charge in [0.1, 0.15) is 5.41 Å². The van der Waals surface area contributed by atoms with E-state index in [4.69, 9.17) is 5.11 Å². The van der Waals surface area contributed by atoms with Crippen LogP contribution < -0.4 is 0 Å². The number of carbonyl (C=O) groups is 3. The Bertz CT molecular complexity index is 465. The van der Waals surface area contributed by atoms with E-state index in [1.807, 2.05) is 0 Å². The van der Waals surface area contributed by atoms with Crippen LogP contribution in [0.4, 0.5) is 30.7 Å². The summed E-state index contributed by atoms with van der Waals surface area (Å²) in [5.41, 5.74) is -2.39. The molecule has 4 nitrogen and oxygen atoms in total. The molecule has 11 heteroatoms. The number of rotatable bonds is 6. The Morgan fingerprint density at radius 1 is 0.857 bits per heavy atom. The van der Waals surface area contributed by atoms with Gasteiger partial charge in [0.2, 0.25) is 5.78 Å². The second kappa shape index (κ2) is 5.26. The van der Waals surface area contributed by atoms with Crippen molar-refractivity contribution in [3.8, 4) is 0 Å². The van der Waals surface area contributed by atoms with Gasteiger partial charge in [-0.25, -0.2) is 0 Å². The molecule has 0 aliphatic carbocycles. The average Bonchev–Trinajstić information content (AvgIpc) is 2.26. The summed E-state index contributed by atoms with van der Waals surface area (Å²) in [7, 11) is 0. The third kappa shape index (κ3) is 3.32. The number of carbonyl (C=O) groups excluding carboxylic acids is 2. The smallest absolute Gasteiger partial charge is 0.460 e. The van der Waals surface area contributed by atoms with Crippen molar-refractivity contribution in [3.63, 3.8) is 0 Å². The second-order valence-corrected chi connectivity index (χ2v) is 4.60. The molecule has 1 N–H and O–H groups in total.